The monoisotopic (exact) mass is 625 g/mol. The number of amides is 1. The maximum Gasteiger partial charge on any atom is 0.394 e. The molecule has 0 spiro atoms. The summed E-state index contributed by atoms with van der Waals surface area (Å²) in [5.74, 6) is 1.04. The van der Waals surface area contributed by atoms with E-state index in [4.69, 9.17) is 16.3 Å². The summed E-state index contributed by atoms with van der Waals surface area (Å²) in [6.45, 7) is 13.7. The number of aliphatic imine (C=N–C) groups is 1. The van der Waals surface area contributed by atoms with Crippen molar-refractivity contribution in [2.24, 2.45) is 16.3 Å². The standard InChI is InChI=1S/C28H35ClF3N7O2S/c1-5-23(35-18(2)33-13-8-19-16-26(3,4)34-17-19)42-38-25(40)20-6-7-21(36-24(20)29)39-14-9-22(37-39)41-15-12-27(10-11-27)28(30,31)32/h5-7,9,14,19,33-34H,1-2,8,10-13,15-17H2,3-4H3,(H,38,40)/b35-23+. The number of rotatable bonds is 12. The molecule has 0 radical (unpaired) electrons. The first-order valence-electron chi connectivity index (χ1n) is 13.6. The van der Waals surface area contributed by atoms with Crippen molar-refractivity contribution in [1.29, 1.82) is 0 Å². The van der Waals surface area contributed by atoms with E-state index in [-0.39, 0.29) is 48.0 Å². The molecule has 4 rings (SSSR count). The largest absolute Gasteiger partial charge is 0.477 e. The van der Waals surface area contributed by atoms with Crippen LogP contribution < -0.4 is 20.1 Å². The minimum Gasteiger partial charge on any atom is -0.477 e. The average Bonchev–Trinajstić information content (AvgIpc) is 3.45. The molecule has 1 saturated heterocycles. The lowest BCUT2D eigenvalue weighted by Crippen LogP contribution is -2.31. The van der Waals surface area contributed by atoms with Crippen LogP contribution in [0.5, 0.6) is 5.88 Å². The number of hydrogen-bond donors (Lipinski definition) is 3. The van der Waals surface area contributed by atoms with Gasteiger partial charge >= 0.3 is 6.18 Å². The van der Waals surface area contributed by atoms with Gasteiger partial charge in [-0.25, -0.2) is 14.7 Å². The fourth-order valence-electron chi connectivity index (χ4n) is 4.76. The van der Waals surface area contributed by atoms with Gasteiger partial charge in [0.25, 0.3) is 5.91 Å². The molecule has 1 amide bonds. The molecule has 3 N–H and O–H groups in total. The number of alkyl halides is 3. The molecule has 0 bridgehead atoms. The van der Waals surface area contributed by atoms with Crippen molar-refractivity contribution >= 4 is 34.5 Å². The molecule has 2 aromatic heterocycles. The first kappa shape index (κ1) is 31.9. The highest BCUT2D eigenvalue weighted by atomic mass is 35.5. The average molecular weight is 626 g/mol. The number of carbonyl (C=O) groups is 1. The van der Waals surface area contributed by atoms with Crippen LogP contribution in [0, 0.1) is 11.3 Å². The Hall–Kier alpha value is -3.03. The molecule has 0 aromatic carbocycles. The molecule has 1 unspecified atom stereocenters. The summed E-state index contributed by atoms with van der Waals surface area (Å²) < 4.78 is 48.7. The Bertz CT molecular complexity index is 1340. The van der Waals surface area contributed by atoms with E-state index >= 15 is 0 Å². The fraction of sp³-hybridized carbons (Fsp3) is 0.500. The highest BCUT2D eigenvalue weighted by Gasteiger charge is 2.62. The van der Waals surface area contributed by atoms with Gasteiger partial charge in [0.05, 0.1) is 17.6 Å². The molecular weight excluding hydrogens is 591 g/mol. The Balaban J connectivity index is 1.24. The molecule has 2 aromatic rings. The smallest absolute Gasteiger partial charge is 0.394 e. The van der Waals surface area contributed by atoms with Gasteiger partial charge in [-0.05, 0) is 76.6 Å². The van der Waals surface area contributed by atoms with Gasteiger partial charge in [0.2, 0.25) is 5.88 Å². The van der Waals surface area contributed by atoms with E-state index in [9.17, 15) is 18.0 Å². The van der Waals surface area contributed by atoms with E-state index in [0.717, 1.165) is 37.9 Å². The normalized spacial score (nSPS) is 19.3. The van der Waals surface area contributed by atoms with Crippen LogP contribution in [0.2, 0.25) is 5.15 Å². The summed E-state index contributed by atoms with van der Waals surface area (Å²) in [7, 11) is 0. The Labute approximate surface area is 252 Å². The predicted molar refractivity (Wildman–Crippen MR) is 159 cm³/mol. The van der Waals surface area contributed by atoms with Crippen molar-refractivity contribution in [3.63, 3.8) is 0 Å². The third kappa shape index (κ3) is 8.29. The van der Waals surface area contributed by atoms with Crippen LogP contribution in [-0.2, 0) is 0 Å². The topological polar surface area (TPSA) is 105 Å². The Morgan fingerprint density at radius 2 is 2.12 bits per heavy atom. The molecule has 9 nitrogen and oxygen atoms in total. The molecule has 2 fully saturated rings. The van der Waals surface area contributed by atoms with Crippen LogP contribution in [-0.4, -0.2) is 57.1 Å². The molecule has 1 atom stereocenters. The second kappa shape index (κ2) is 13.1. The van der Waals surface area contributed by atoms with Crippen molar-refractivity contribution in [3.8, 4) is 11.7 Å². The molecule has 14 heteroatoms. The molecule has 1 saturated carbocycles. The van der Waals surface area contributed by atoms with Crippen LogP contribution in [0.25, 0.3) is 5.82 Å². The highest BCUT2D eigenvalue weighted by molar-refractivity contribution is 8.13. The number of nitrogens with zero attached hydrogens (tertiary/aromatic N) is 4. The minimum atomic E-state index is -4.22. The molecule has 3 heterocycles. The fourth-order valence-corrected chi connectivity index (χ4v) is 5.54. The summed E-state index contributed by atoms with van der Waals surface area (Å²) in [6.07, 6.45) is 1.08. The van der Waals surface area contributed by atoms with E-state index in [1.54, 1.807) is 12.3 Å². The number of pyridine rings is 1. The van der Waals surface area contributed by atoms with Crippen molar-refractivity contribution < 1.29 is 22.7 Å². The number of carbonyl (C=O) groups excluding carboxylic acids is 1. The summed E-state index contributed by atoms with van der Waals surface area (Å²) >= 11 is 7.26. The maximum atomic E-state index is 13.1. The molecule has 42 heavy (non-hydrogen) atoms. The van der Waals surface area contributed by atoms with Crippen LogP contribution in [0.15, 0.2) is 54.4 Å². The molecule has 2 aliphatic rings. The number of hydrogen-bond acceptors (Lipinski definition) is 8. The quantitative estimate of drug-likeness (QED) is 0.118. The second-order valence-electron chi connectivity index (χ2n) is 11.2. The summed E-state index contributed by atoms with van der Waals surface area (Å²) in [5.41, 5.74) is -1.33. The van der Waals surface area contributed by atoms with Gasteiger partial charge in [-0.15, -0.1) is 5.10 Å². The van der Waals surface area contributed by atoms with E-state index in [2.05, 4.69) is 57.4 Å². The Kier molecular flexibility index (Phi) is 9.94. The van der Waals surface area contributed by atoms with Crippen LogP contribution in [0.4, 0.5) is 13.2 Å². The summed E-state index contributed by atoms with van der Waals surface area (Å²) in [6, 6.07) is 4.55. The number of aromatic nitrogens is 3. The van der Waals surface area contributed by atoms with Gasteiger partial charge in [-0.1, -0.05) is 24.8 Å². The lowest BCUT2D eigenvalue weighted by molar-refractivity contribution is -0.190. The SMILES string of the molecule is C=C/C(=N\C(=C)NCCC1CNC(C)(C)C1)SNC(=O)c1ccc(-n2ccc(OCCC3(C(F)(F)F)CC3)n2)nc1Cl. The van der Waals surface area contributed by atoms with Gasteiger partial charge in [0.1, 0.15) is 16.0 Å². The zero-order valence-electron chi connectivity index (χ0n) is 23.6. The van der Waals surface area contributed by atoms with Crippen LogP contribution >= 0.6 is 23.5 Å². The van der Waals surface area contributed by atoms with Gasteiger partial charge in [-0.2, -0.15) is 13.2 Å². The van der Waals surface area contributed by atoms with E-state index < -0.39 is 17.5 Å². The summed E-state index contributed by atoms with van der Waals surface area (Å²) in [4.78, 5) is 21.4. The number of nitrogens with one attached hydrogen (secondary N) is 3. The predicted octanol–water partition coefficient (Wildman–Crippen LogP) is 5.83. The maximum absolute atomic E-state index is 13.1. The zero-order chi connectivity index (χ0) is 30.5. The molecule has 1 aliphatic heterocycles. The first-order valence-corrected chi connectivity index (χ1v) is 14.8. The highest BCUT2D eigenvalue weighted by Crippen LogP contribution is 2.59. The Morgan fingerprint density at radius 1 is 1.36 bits per heavy atom. The number of ether oxygens (including phenoxy) is 1. The van der Waals surface area contributed by atoms with E-state index in [0.29, 0.717) is 22.6 Å². The van der Waals surface area contributed by atoms with Crippen LogP contribution in [0.3, 0.4) is 0 Å². The third-order valence-corrected chi connectivity index (χ3v) is 8.42. The Morgan fingerprint density at radius 3 is 2.74 bits per heavy atom. The van der Waals surface area contributed by atoms with Crippen molar-refractivity contribution in [1.82, 2.24) is 30.1 Å². The van der Waals surface area contributed by atoms with Gasteiger partial charge < -0.3 is 15.4 Å². The van der Waals surface area contributed by atoms with Gasteiger partial charge in [-0.3, -0.25) is 9.52 Å². The van der Waals surface area contributed by atoms with Crippen molar-refractivity contribution in [2.75, 3.05) is 19.7 Å². The van der Waals surface area contributed by atoms with E-state index in [1.165, 1.54) is 22.9 Å². The molecule has 228 valence electrons. The summed E-state index contributed by atoms with van der Waals surface area (Å²) in [5, 5.41) is 11.3. The van der Waals surface area contributed by atoms with Gasteiger partial charge in [0, 0.05) is 36.3 Å². The number of halogens is 4. The minimum absolute atomic E-state index is 0.0582. The molecular formula is C28H35ClF3N7O2S. The van der Waals surface area contributed by atoms with Gasteiger partial charge in [0.15, 0.2) is 5.82 Å². The van der Waals surface area contributed by atoms with Crippen molar-refractivity contribution in [2.45, 2.75) is 57.7 Å². The lowest BCUT2D eigenvalue weighted by Gasteiger charge is -2.18. The van der Waals surface area contributed by atoms with Crippen LogP contribution in [0.1, 0.15) is 56.3 Å². The third-order valence-electron chi connectivity index (χ3n) is 7.38. The lowest BCUT2D eigenvalue weighted by atomic mass is 9.95. The van der Waals surface area contributed by atoms with E-state index in [1.807, 2.05) is 0 Å². The molecule has 1 aliphatic carbocycles. The zero-order valence-corrected chi connectivity index (χ0v) is 25.1. The first-order chi connectivity index (χ1) is 19.8. The van der Waals surface area contributed by atoms with Crippen molar-refractivity contribution in [3.05, 3.63) is 60.2 Å². The second-order valence-corrected chi connectivity index (χ2v) is 12.4.